The molecule has 2 N–H and O–H groups in total. The number of hydrogen-bond acceptors (Lipinski definition) is 3. The quantitative estimate of drug-likeness (QED) is 0.832. The van der Waals surface area contributed by atoms with Crippen molar-refractivity contribution in [1.29, 1.82) is 0 Å². The Kier molecular flexibility index (Phi) is 4.15. The Balaban J connectivity index is 1.88. The summed E-state index contributed by atoms with van der Waals surface area (Å²) < 4.78 is 0. The van der Waals surface area contributed by atoms with Gasteiger partial charge in [0.2, 0.25) is 5.91 Å². The number of anilines is 2. The molecular formula is C13H12ClN3O. The van der Waals surface area contributed by atoms with Crippen LogP contribution in [0.5, 0.6) is 0 Å². The molecule has 2 rings (SSSR count). The van der Waals surface area contributed by atoms with E-state index < -0.39 is 0 Å². The molecule has 0 bridgehead atoms. The van der Waals surface area contributed by atoms with Crippen LogP contribution in [0.3, 0.4) is 0 Å². The lowest BCUT2D eigenvalue weighted by molar-refractivity contribution is -0.114. The van der Waals surface area contributed by atoms with Crippen molar-refractivity contribution in [1.82, 2.24) is 4.98 Å². The van der Waals surface area contributed by atoms with Crippen LogP contribution in [0.4, 0.5) is 11.4 Å². The smallest absolute Gasteiger partial charge is 0.243 e. The number of nitrogens with one attached hydrogen (secondary N) is 2. The molecule has 18 heavy (non-hydrogen) atoms. The van der Waals surface area contributed by atoms with Crippen LogP contribution >= 0.6 is 11.6 Å². The molecule has 0 radical (unpaired) electrons. The summed E-state index contributed by atoms with van der Waals surface area (Å²) in [5, 5.41) is 5.98. The maximum absolute atomic E-state index is 11.7. The second-order valence-corrected chi connectivity index (χ2v) is 3.97. The predicted octanol–water partition coefficient (Wildman–Crippen LogP) is 2.79. The normalized spacial score (nSPS) is 9.83. The molecule has 1 aromatic heterocycles. The summed E-state index contributed by atoms with van der Waals surface area (Å²) in [6.45, 7) is 0.176. The topological polar surface area (TPSA) is 54.0 Å². The minimum atomic E-state index is -0.172. The molecule has 0 atom stereocenters. The van der Waals surface area contributed by atoms with E-state index in [4.69, 9.17) is 11.6 Å². The van der Waals surface area contributed by atoms with Crippen LogP contribution < -0.4 is 10.6 Å². The molecule has 0 saturated heterocycles. The molecular weight excluding hydrogens is 250 g/mol. The number of aromatic nitrogens is 1. The maximum atomic E-state index is 11.7. The third-order valence-electron chi connectivity index (χ3n) is 2.26. The van der Waals surface area contributed by atoms with Crippen LogP contribution in [-0.4, -0.2) is 17.4 Å². The molecule has 0 unspecified atom stereocenters. The highest BCUT2D eigenvalue weighted by molar-refractivity contribution is 6.32. The fourth-order valence-electron chi connectivity index (χ4n) is 1.41. The van der Waals surface area contributed by atoms with Gasteiger partial charge in [-0.25, -0.2) is 4.98 Å². The Morgan fingerprint density at radius 3 is 2.67 bits per heavy atom. The minimum absolute atomic E-state index is 0.172. The van der Waals surface area contributed by atoms with Crippen molar-refractivity contribution in [3.63, 3.8) is 0 Å². The highest BCUT2D eigenvalue weighted by atomic mass is 35.5. The third-order valence-corrected chi connectivity index (χ3v) is 2.56. The first kappa shape index (κ1) is 12.4. The van der Waals surface area contributed by atoms with Crippen molar-refractivity contribution in [3.8, 4) is 0 Å². The largest absolute Gasteiger partial charge is 0.376 e. The molecule has 4 nitrogen and oxygen atoms in total. The van der Waals surface area contributed by atoms with Crippen molar-refractivity contribution in [3.05, 3.63) is 53.8 Å². The van der Waals surface area contributed by atoms with Crippen LogP contribution in [0.1, 0.15) is 0 Å². The summed E-state index contributed by atoms with van der Waals surface area (Å²) in [4.78, 5) is 15.6. The van der Waals surface area contributed by atoms with E-state index in [0.717, 1.165) is 5.69 Å². The van der Waals surface area contributed by atoms with Gasteiger partial charge in [0.15, 0.2) is 5.15 Å². The standard InChI is InChI=1S/C13H12ClN3O/c14-13-11(7-4-8-15-13)17-12(18)9-16-10-5-2-1-3-6-10/h1-8,16H,9H2,(H,17,18). The lowest BCUT2D eigenvalue weighted by Gasteiger charge is -2.08. The van der Waals surface area contributed by atoms with Crippen LogP contribution in [0.2, 0.25) is 5.15 Å². The van der Waals surface area contributed by atoms with E-state index in [2.05, 4.69) is 15.6 Å². The fraction of sp³-hybridized carbons (Fsp3) is 0.0769. The molecule has 0 fully saturated rings. The van der Waals surface area contributed by atoms with E-state index in [0.29, 0.717) is 5.69 Å². The van der Waals surface area contributed by atoms with Gasteiger partial charge in [0, 0.05) is 11.9 Å². The number of hydrogen-bond donors (Lipinski definition) is 2. The van der Waals surface area contributed by atoms with Crippen LogP contribution in [0.25, 0.3) is 0 Å². The first-order valence-corrected chi connectivity index (χ1v) is 5.83. The minimum Gasteiger partial charge on any atom is -0.376 e. The zero-order valence-corrected chi connectivity index (χ0v) is 10.3. The second kappa shape index (κ2) is 6.02. The van der Waals surface area contributed by atoms with Crippen LogP contribution in [0, 0.1) is 0 Å². The fourth-order valence-corrected chi connectivity index (χ4v) is 1.58. The molecule has 0 aliphatic rings. The summed E-state index contributed by atoms with van der Waals surface area (Å²) in [6.07, 6.45) is 1.57. The first-order valence-electron chi connectivity index (χ1n) is 5.45. The molecule has 1 heterocycles. The summed E-state index contributed by atoms with van der Waals surface area (Å²) in [6, 6.07) is 12.9. The van der Waals surface area contributed by atoms with E-state index in [9.17, 15) is 4.79 Å². The lowest BCUT2D eigenvalue weighted by atomic mass is 10.3. The molecule has 2 aromatic rings. The molecule has 0 aliphatic heterocycles. The molecule has 1 amide bonds. The monoisotopic (exact) mass is 261 g/mol. The summed E-state index contributed by atoms with van der Waals surface area (Å²) >= 11 is 5.84. The average Bonchev–Trinajstić information content (AvgIpc) is 2.40. The van der Waals surface area contributed by atoms with Gasteiger partial charge in [0.25, 0.3) is 0 Å². The molecule has 0 aliphatic carbocycles. The average molecular weight is 262 g/mol. The maximum Gasteiger partial charge on any atom is 0.243 e. The van der Waals surface area contributed by atoms with E-state index in [1.54, 1.807) is 18.3 Å². The Hall–Kier alpha value is -2.07. The Morgan fingerprint density at radius 2 is 1.94 bits per heavy atom. The number of halogens is 1. The summed E-state index contributed by atoms with van der Waals surface area (Å²) in [7, 11) is 0. The lowest BCUT2D eigenvalue weighted by Crippen LogP contribution is -2.21. The number of rotatable bonds is 4. The van der Waals surface area contributed by atoms with E-state index in [1.807, 2.05) is 30.3 Å². The number of carbonyl (C=O) groups excluding carboxylic acids is 1. The van der Waals surface area contributed by atoms with Crippen LogP contribution in [0.15, 0.2) is 48.7 Å². The SMILES string of the molecule is O=C(CNc1ccccc1)Nc1cccnc1Cl. The van der Waals surface area contributed by atoms with Crippen molar-refractivity contribution in [2.24, 2.45) is 0 Å². The van der Waals surface area contributed by atoms with Gasteiger partial charge in [-0.2, -0.15) is 0 Å². The summed E-state index contributed by atoms with van der Waals surface area (Å²) in [5.41, 5.74) is 1.41. The number of nitrogens with zero attached hydrogens (tertiary/aromatic N) is 1. The number of pyridine rings is 1. The van der Waals surface area contributed by atoms with E-state index in [-0.39, 0.29) is 17.6 Å². The number of carbonyl (C=O) groups is 1. The zero-order valence-electron chi connectivity index (χ0n) is 9.56. The van der Waals surface area contributed by atoms with Gasteiger partial charge in [0.1, 0.15) is 0 Å². The Morgan fingerprint density at radius 1 is 1.17 bits per heavy atom. The van der Waals surface area contributed by atoms with Gasteiger partial charge in [-0.05, 0) is 24.3 Å². The van der Waals surface area contributed by atoms with E-state index in [1.165, 1.54) is 0 Å². The molecule has 0 saturated carbocycles. The first-order chi connectivity index (χ1) is 8.75. The number of benzene rings is 1. The highest BCUT2D eigenvalue weighted by Gasteiger charge is 2.05. The van der Waals surface area contributed by atoms with Gasteiger partial charge < -0.3 is 10.6 Å². The van der Waals surface area contributed by atoms with Gasteiger partial charge in [-0.3, -0.25) is 4.79 Å². The third kappa shape index (κ3) is 3.46. The highest BCUT2D eigenvalue weighted by Crippen LogP contribution is 2.17. The van der Waals surface area contributed by atoms with Gasteiger partial charge in [-0.1, -0.05) is 29.8 Å². The Labute approximate surface area is 110 Å². The molecule has 5 heteroatoms. The molecule has 92 valence electrons. The van der Waals surface area contributed by atoms with Crippen molar-refractivity contribution >= 4 is 28.9 Å². The van der Waals surface area contributed by atoms with Crippen molar-refractivity contribution in [2.45, 2.75) is 0 Å². The predicted molar refractivity (Wildman–Crippen MR) is 72.8 cm³/mol. The van der Waals surface area contributed by atoms with Crippen molar-refractivity contribution in [2.75, 3.05) is 17.2 Å². The molecule has 0 spiro atoms. The number of amides is 1. The van der Waals surface area contributed by atoms with Gasteiger partial charge >= 0.3 is 0 Å². The van der Waals surface area contributed by atoms with Crippen LogP contribution in [-0.2, 0) is 4.79 Å². The molecule has 1 aromatic carbocycles. The zero-order chi connectivity index (χ0) is 12.8. The second-order valence-electron chi connectivity index (χ2n) is 3.61. The Bertz CT molecular complexity index is 531. The van der Waals surface area contributed by atoms with E-state index >= 15 is 0 Å². The van der Waals surface area contributed by atoms with Gasteiger partial charge in [0.05, 0.1) is 12.2 Å². The summed E-state index contributed by atoms with van der Waals surface area (Å²) in [5.74, 6) is -0.172. The number of para-hydroxylation sites is 1. The van der Waals surface area contributed by atoms with Crippen molar-refractivity contribution < 1.29 is 4.79 Å². The van der Waals surface area contributed by atoms with Gasteiger partial charge in [-0.15, -0.1) is 0 Å².